The molecule has 14 nitrogen and oxygen atoms in total. The van der Waals surface area contributed by atoms with Crippen LogP contribution in [0.3, 0.4) is 0 Å². The highest BCUT2D eigenvalue weighted by Gasteiger charge is 2.21. The lowest BCUT2D eigenvalue weighted by atomic mass is 10.0. The number of anilines is 1. The van der Waals surface area contributed by atoms with Gasteiger partial charge in [0, 0.05) is 88.4 Å². The molecule has 0 saturated carbocycles. The number of likely N-dealkylation sites (tertiary alicyclic amines) is 2. The molecule has 57 heavy (non-hydrogen) atoms. The van der Waals surface area contributed by atoms with Gasteiger partial charge in [-0.2, -0.15) is 0 Å². The van der Waals surface area contributed by atoms with Gasteiger partial charge in [-0.15, -0.1) is 0 Å². The standard InChI is InChI=1S/C26H33FN6O2.C16H22N4O2/c1-35-21-15-24-23(29-18-21)4-5-25(34)33(24)13-12-31-10-6-20(7-11-31)28-16-19-14-22(27)26(30-17-19)32-8-2-3-9-32;1-22-13-10-15-14(18-11-13)2-3-16(21)20(15)9-8-19-6-4-12(17)5-7-19/h4-5,14-15,17-18,20,28H,2-3,6-13,16H2,1H3;2-3,10-12H,4-9,17H2,1H3. The van der Waals surface area contributed by atoms with Crippen LogP contribution in [0.5, 0.6) is 11.5 Å². The fourth-order valence-electron chi connectivity index (χ4n) is 7.99. The highest BCUT2D eigenvalue weighted by molar-refractivity contribution is 5.76. The van der Waals surface area contributed by atoms with E-state index in [-0.39, 0.29) is 16.9 Å². The Balaban J connectivity index is 0.000000194. The molecule has 3 saturated heterocycles. The van der Waals surface area contributed by atoms with Crippen LogP contribution in [-0.4, -0.2) is 113 Å². The van der Waals surface area contributed by atoms with Gasteiger partial charge >= 0.3 is 0 Å². The molecule has 3 N–H and O–H groups in total. The number of ether oxygens (including phenoxy) is 2. The molecule has 3 fully saturated rings. The van der Waals surface area contributed by atoms with Gasteiger partial charge in [0.2, 0.25) is 0 Å². The SMILES string of the molecule is COc1cnc2ccc(=O)n(CCN3CCC(N)CC3)c2c1.COc1cnc2ccc(=O)n(CCN3CCC(NCc4cnc(N5CCCC5)c(F)c4)CC3)c2c1. The van der Waals surface area contributed by atoms with E-state index in [0.29, 0.717) is 49.0 Å². The fourth-order valence-corrected chi connectivity index (χ4v) is 7.99. The van der Waals surface area contributed by atoms with Crippen molar-refractivity contribution in [1.82, 2.24) is 39.2 Å². The van der Waals surface area contributed by atoms with Gasteiger partial charge in [0.25, 0.3) is 11.1 Å². The first-order valence-corrected chi connectivity index (χ1v) is 20.2. The maximum Gasteiger partial charge on any atom is 0.251 e. The zero-order chi connectivity index (χ0) is 39.7. The minimum atomic E-state index is -0.225. The molecule has 5 aromatic rings. The minimum absolute atomic E-state index is 0.00346. The summed E-state index contributed by atoms with van der Waals surface area (Å²) in [6, 6.07) is 12.7. The van der Waals surface area contributed by atoms with Crippen LogP contribution in [0.2, 0.25) is 0 Å². The van der Waals surface area contributed by atoms with E-state index in [1.54, 1.807) is 72.3 Å². The summed E-state index contributed by atoms with van der Waals surface area (Å²) in [6.45, 7) is 9.23. The summed E-state index contributed by atoms with van der Waals surface area (Å²) in [5.74, 6) is 1.57. The maximum absolute atomic E-state index is 14.5. The summed E-state index contributed by atoms with van der Waals surface area (Å²) in [5.41, 5.74) is 9.99. The van der Waals surface area contributed by atoms with Gasteiger partial charge in [0.05, 0.1) is 48.7 Å². The molecule has 15 heteroatoms. The number of nitrogens with two attached hydrogens (primary N) is 1. The first-order valence-electron chi connectivity index (χ1n) is 20.2. The van der Waals surface area contributed by atoms with Crippen LogP contribution >= 0.6 is 0 Å². The fraction of sp³-hybridized carbons (Fsp3) is 0.500. The van der Waals surface area contributed by atoms with Crippen molar-refractivity contribution >= 4 is 27.9 Å². The molecule has 5 aromatic heterocycles. The molecule has 0 amide bonds. The quantitative estimate of drug-likeness (QED) is 0.191. The molecule has 304 valence electrons. The summed E-state index contributed by atoms with van der Waals surface area (Å²) >= 11 is 0. The number of rotatable bonds is 12. The third kappa shape index (κ3) is 10.1. The number of hydrogen-bond donors (Lipinski definition) is 2. The van der Waals surface area contributed by atoms with Crippen LogP contribution in [0.1, 0.15) is 44.1 Å². The van der Waals surface area contributed by atoms with E-state index >= 15 is 0 Å². The summed E-state index contributed by atoms with van der Waals surface area (Å²) < 4.78 is 28.6. The Bertz CT molecular complexity index is 2230. The molecule has 0 unspecified atom stereocenters. The molecule has 0 aromatic carbocycles. The van der Waals surface area contributed by atoms with Crippen molar-refractivity contribution in [2.24, 2.45) is 5.73 Å². The maximum atomic E-state index is 14.5. The number of nitrogens with one attached hydrogen (secondary N) is 1. The number of fused-ring (bicyclic) bond motifs is 2. The van der Waals surface area contributed by atoms with E-state index in [9.17, 15) is 14.0 Å². The number of halogens is 1. The zero-order valence-corrected chi connectivity index (χ0v) is 33.1. The van der Waals surface area contributed by atoms with E-state index in [2.05, 4.69) is 30.1 Å². The predicted molar refractivity (Wildman–Crippen MR) is 221 cm³/mol. The molecule has 0 spiro atoms. The first kappa shape index (κ1) is 40.2. The van der Waals surface area contributed by atoms with Crippen molar-refractivity contribution in [3.8, 4) is 11.5 Å². The number of hydrogen-bond acceptors (Lipinski definition) is 12. The average molecular weight is 783 g/mol. The first-order chi connectivity index (χ1) is 27.8. The van der Waals surface area contributed by atoms with Crippen molar-refractivity contribution in [1.29, 1.82) is 0 Å². The van der Waals surface area contributed by atoms with Crippen LogP contribution in [0.15, 0.2) is 70.6 Å². The molecule has 3 aliphatic heterocycles. The lowest BCUT2D eigenvalue weighted by molar-refractivity contribution is 0.191. The third-order valence-electron chi connectivity index (χ3n) is 11.5. The summed E-state index contributed by atoms with van der Waals surface area (Å²) in [5, 5.41) is 3.57. The Morgan fingerprint density at radius 2 is 1.23 bits per heavy atom. The Labute approximate surface area is 332 Å². The van der Waals surface area contributed by atoms with Gasteiger partial charge < -0.3 is 44.4 Å². The van der Waals surface area contributed by atoms with Crippen LogP contribution < -0.4 is 36.5 Å². The monoisotopic (exact) mass is 782 g/mol. The van der Waals surface area contributed by atoms with Crippen LogP contribution in [0.4, 0.5) is 10.2 Å². The second-order valence-corrected chi connectivity index (χ2v) is 15.2. The topological polar surface area (TPSA) is 149 Å². The highest BCUT2D eigenvalue weighted by atomic mass is 19.1. The van der Waals surface area contributed by atoms with Crippen LogP contribution in [-0.2, 0) is 19.6 Å². The summed E-state index contributed by atoms with van der Waals surface area (Å²) in [7, 11) is 3.20. The van der Waals surface area contributed by atoms with Gasteiger partial charge in [-0.3, -0.25) is 19.6 Å². The van der Waals surface area contributed by atoms with Gasteiger partial charge in [0.15, 0.2) is 11.6 Å². The van der Waals surface area contributed by atoms with Gasteiger partial charge in [-0.05, 0) is 88.5 Å². The van der Waals surface area contributed by atoms with Crippen molar-refractivity contribution < 1.29 is 13.9 Å². The summed E-state index contributed by atoms with van der Waals surface area (Å²) in [6.07, 6.45) is 11.4. The van der Waals surface area contributed by atoms with Crippen molar-refractivity contribution in [2.45, 2.75) is 70.2 Å². The van der Waals surface area contributed by atoms with Crippen LogP contribution in [0.25, 0.3) is 22.1 Å². The van der Waals surface area contributed by atoms with E-state index in [1.807, 2.05) is 17.0 Å². The number of nitrogens with zero attached hydrogens (tertiary/aromatic N) is 8. The summed E-state index contributed by atoms with van der Waals surface area (Å²) in [4.78, 5) is 44.7. The molecule has 3 aliphatic rings. The highest BCUT2D eigenvalue weighted by Crippen LogP contribution is 2.23. The largest absolute Gasteiger partial charge is 0.495 e. The minimum Gasteiger partial charge on any atom is -0.495 e. The lowest BCUT2D eigenvalue weighted by Gasteiger charge is -2.32. The molecular weight excluding hydrogens is 728 g/mol. The Morgan fingerprint density at radius 1 is 0.702 bits per heavy atom. The Kier molecular flexibility index (Phi) is 13.4. The molecular formula is C42H55FN10O4. The smallest absolute Gasteiger partial charge is 0.251 e. The van der Waals surface area contributed by atoms with Gasteiger partial charge in [0.1, 0.15) is 11.5 Å². The molecule has 8 heterocycles. The molecule has 0 aliphatic carbocycles. The average Bonchev–Trinajstić information content (AvgIpc) is 3.78. The van der Waals surface area contributed by atoms with Crippen molar-refractivity contribution in [2.75, 3.05) is 71.5 Å². The van der Waals surface area contributed by atoms with E-state index in [0.717, 1.165) is 119 Å². The molecule has 0 radical (unpaired) electrons. The predicted octanol–water partition coefficient (Wildman–Crippen LogP) is 3.62. The Hall–Kier alpha value is -4.96. The van der Waals surface area contributed by atoms with Gasteiger partial charge in [-0.25, -0.2) is 9.37 Å². The van der Waals surface area contributed by atoms with Crippen molar-refractivity contribution in [3.63, 3.8) is 0 Å². The number of piperidine rings is 2. The zero-order valence-electron chi connectivity index (χ0n) is 33.1. The Morgan fingerprint density at radius 3 is 1.74 bits per heavy atom. The second-order valence-electron chi connectivity index (χ2n) is 15.2. The van der Waals surface area contributed by atoms with E-state index in [1.165, 1.54) is 0 Å². The second kappa shape index (κ2) is 19.0. The van der Waals surface area contributed by atoms with Crippen molar-refractivity contribution in [3.05, 3.63) is 93.1 Å². The normalized spacial score (nSPS) is 17.2. The third-order valence-corrected chi connectivity index (χ3v) is 11.5. The van der Waals surface area contributed by atoms with Gasteiger partial charge in [-0.1, -0.05) is 0 Å². The number of pyridine rings is 5. The van der Waals surface area contributed by atoms with Crippen LogP contribution in [0, 0.1) is 5.82 Å². The molecule has 0 bridgehead atoms. The molecule has 0 atom stereocenters. The van der Waals surface area contributed by atoms with E-state index in [4.69, 9.17) is 15.2 Å². The molecule has 8 rings (SSSR count). The lowest BCUT2D eigenvalue weighted by Crippen LogP contribution is -2.43. The number of methoxy groups -OCH3 is 2. The van der Waals surface area contributed by atoms with E-state index < -0.39 is 0 Å². The number of aromatic nitrogens is 5.